The van der Waals surface area contributed by atoms with Crippen LogP contribution in [0.15, 0.2) is 41.3 Å². The van der Waals surface area contributed by atoms with Crippen LogP contribution in [0.5, 0.6) is 5.75 Å². The average Bonchev–Trinajstić information content (AvgIpc) is 2.57. The van der Waals surface area contributed by atoms with Gasteiger partial charge in [0.15, 0.2) is 0 Å². The zero-order valence-electron chi connectivity index (χ0n) is 14.2. The molecule has 0 aliphatic carbocycles. The number of hydrogen-bond donors (Lipinski definition) is 1. The van der Waals surface area contributed by atoms with E-state index < -0.39 is 32.2 Å². The number of rotatable bonds is 6. The van der Waals surface area contributed by atoms with Crippen LogP contribution in [0.3, 0.4) is 0 Å². The van der Waals surface area contributed by atoms with Crippen LogP contribution in [0.2, 0.25) is 0 Å². The molecule has 2 rings (SSSR count). The van der Waals surface area contributed by atoms with Crippen molar-refractivity contribution in [2.24, 2.45) is 0 Å². The van der Waals surface area contributed by atoms with Gasteiger partial charge in [-0.05, 0) is 43.2 Å². The Bertz CT molecular complexity index is 981. The second-order valence-electron chi connectivity index (χ2n) is 5.62. The van der Waals surface area contributed by atoms with Gasteiger partial charge in [0.2, 0.25) is 5.91 Å². The number of hydrogen-bond acceptors (Lipinski definition) is 5. The molecule has 26 heavy (non-hydrogen) atoms. The van der Waals surface area contributed by atoms with E-state index >= 15 is 0 Å². The third-order valence-electron chi connectivity index (χ3n) is 3.56. The van der Waals surface area contributed by atoms with Crippen LogP contribution >= 0.6 is 0 Å². The molecule has 0 saturated heterocycles. The van der Waals surface area contributed by atoms with Crippen LogP contribution in [0.1, 0.15) is 23.1 Å². The van der Waals surface area contributed by atoms with Gasteiger partial charge in [0.1, 0.15) is 28.1 Å². The molecule has 1 amide bonds. The lowest BCUT2D eigenvalue weighted by atomic mass is 10.1. The number of halogens is 1. The summed E-state index contributed by atoms with van der Waals surface area (Å²) in [7, 11) is -4.35. The lowest BCUT2D eigenvalue weighted by Gasteiger charge is -2.11. The first-order valence-electron chi connectivity index (χ1n) is 7.69. The summed E-state index contributed by atoms with van der Waals surface area (Å²) in [6.45, 7) is 3.73. The summed E-state index contributed by atoms with van der Waals surface area (Å²) in [5.41, 5.74) is 1.24. The van der Waals surface area contributed by atoms with Crippen molar-refractivity contribution in [3.63, 3.8) is 0 Å². The van der Waals surface area contributed by atoms with E-state index in [1.807, 2.05) is 36.8 Å². The number of carbonyl (C=O) groups is 1. The molecule has 0 unspecified atom stereocenters. The highest BCUT2D eigenvalue weighted by Gasteiger charge is 2.23. The van der Waals surface area contributed by atoms with E-state index in [2.05, 4.69) is 0 Å². The summed E-state index contributed by atoms with van der Waals surface area (Å²) in [6, 6.07) is 10.3. The molecule has 136 valence electrons. The van der Waals surface area contributed by atoms with E-state index in [0.717, 1.165) is 29.3 Å². The minimum atomic E-state index is -4.35. The number of benzene rings is 2. The molecule has 0 spiro atoms. The van der Waals surface area contributed by atoms with Crippen molar-refractivity contribution in [2.45, 2.75) is 25.2 Å². The van der Waals surface area contributed by atoms with E-state index in [1.165, 1.54) is 6.07 Å². The van der Waals surface area contributed by atoms with E-state index in [-0.39, 0.29) is 13.0 Å². The predicted octanol–water partition coefficient (Wildman–Crippen LogP) is 2.59. The second kappa shape index (κ2) is 7.97. The number of ether oxygens (including phenoxy) is 1. The summed E-state index contributed by atoms with van der Waals surface area (Å²) in [5, 5.41) is 8.93. The summed E-state index contributed by atoms with van der Waals surface area (Å²) < 4.78 is 45.3. The standard InChI is InChI=1S/C18H17FN2O4S/c1-12-6-7-13(2)16(10-12)25-9-8-18(22)21-26(23,24)17-5-3-4-15(19)14(17)11-20/h3-7,10H,8-9H2,1-2H3,(H,21,22). The summed E-state index contributed by atoms with van der Waals surface area (Å²) in [4.78, 5) is 11.3. The number of sulfonamides is 1. The number of nitrogens with zero attached hydrogens (tertiary/aromatic N) is 1. The minimum absolute atomic E-state index is 0.0279. The minimum Gasteiger partial charge on any atom is -0.493 e. The molecular weight excluding hydrogens is 359 g/mol. The molecule has 2 aromatic carbocycles. The van der Waals surface area contributed by atoms with Crippen molar-refractivity contribution in [1.29, 1.82) is 5.26 Å². The predicted molar refractivity (Wildman–Crippen MR) is 92.5 cm³/mol. The Balaban J connectivity index is 2.02. The van der Waals surface area contributed by atoms with Crippen molar-refractivity contribution in [2.75, 3.05) is 6.61 Å². The molecule has 0 heterocycles. The maximum absolute atomic E-state index is 13.6. The maximum atomic E-state index is 13.6. The molecule has 0 atom stereocenters. The highest BCUT2D eigenvalue weighted by molar-refractivity contribution is 7.90. The average molecular weight is 376 g/mol. The molecule has 2 aromatic rings. The maximum Gasteiger partial charge on any atom is 0.265 e. The number of carbonyl (C=O) groups excluding carboxylic acids is 1. The second-order valence-corrected chi connectivity index (χ2v) is 7.27. The fourth-order valence-electron chi connectivity index (χ4n) is 2.21. The Morgan fingerprint density at radius 1 is 1.27 bits per heavy atom. The van der Waals surface area contributed by atoms with Crippen LogP contribution in [-0.4, -0.2) is 20.9 Å². The van der Waals surface area contributed by atoms with Crippen LogP contribution in [-0.2, 0) is 14.8 Å². The number of nitrogens with one attached hydrogen (secondary N) is 1. The third-order valence-corrected chi connectivity index (χ3v) is 4.97. The lowest BCUT2D eigenvalue weighted by Crippen LogP contribution is -2.32. The SMILES string of the molecule is Cc1ccc(C)c(OCCC(=O)NS(=O)(=O)c2cccc(F)c2C#N)c1. The van der Waals surface area contributed by atoms with Gasteiger partial charge in [-0.3, -0.25) is 4.79 Å². The molecule has 0 fully saturated rings. The smallest absolute Gasteiger partial charge is 0.265 e. The Labute approximate surface area is 151 Å². The molecule has 0 aliphatic heterocycles. The molecule has 1 N–H and O–H groups in total. The summed E-state index contributed by atoms with van der Waals surface area (Å²) >= 11 is 0. The van der Waals surface area contributed by atoms with Gasteiger partial charge in [0, 0.05) is 0 Å². The van der Waals surface area contributed by atoms with Crippen molar-refractivity contribution in [3.8, 4) is 11.8 Å². The summed E-state index contributed by atoms with van der Waals surface area (Å²) in [6.07, 6.45) is -0.218. The van der Waals surface area contributed by atoms with Gasteiger partial charge in [-0.15, -0.1) is 0 Å². The zero-order valence-corrected chi connectivity index (χ0v) is 15.1. The molecule has 0 radical (unpaired) electrons. The van der Waals surface area contributed by atoms with Crippen molar-refractivity contribution in [1.82, 2.24) is 4.72 Å². The van der Waals surface area contributed by atoms with Crippen molar-refractivity contribution >= 4 is 15.9 Å². The first-order valence-corrected chi connectivity index (χ1v) is 9.17. The summed E-state index contributed by atoms with van der Waals surface area (Å²) in [5.74, 6) is -1.18. The van der Waals surface area contributed by atoms with Crippen LogP contribution in [0.4, 0.5) is 4.39 Å². The number of amides is 1. The van der Waals surface area contributed by atoms with Crippen molar-refractivity contribution in [3.05, 3.63) is 58.9 Å². The van der Waals surface area contributed by atoms with Gasteiger partial charge >= 0.3 is 0 Å². The Morgan fingerprint density at radius 3 is 2.69 bits per heavy atom. The normalized spacial score (nSPS) is 10.8. The van der Waals surface area contributed by atoms with Gasteiger partial charge in [-0.1, -0.05) is 18.2 Å². The molecule has 0 aromatic heterocycles. The Kier molecular flexibility index (Phi) is 5.95. The molecule has 6 nitrogen and oxygen atoms in total. The number of nitriles is 1. The van der Waals surface area contributed by atoms with Crippen LogP contribution in [0.25, 0.3) is 0 Å². The van der Waals surface area contributed by atoms with Gasteiger partial charge < -0.3 is 4.74 Å². The lowest BCUT2D eigenvalue weighted by molar-refractivity contribution is -0.119. The fraction of sp³-hybridized carbons (Fsp3) is 0.222. The van der Waals surface area contributed by atoms with E-state index in [1.54, 1.807) is 0 Å². The van der Waals surface area contributed by atoms with E-state index in [9.17, 15) is 17.6 Å². The number of aryl methyl sites for hydroxylation is 2. The highest BCUT2D eigenvalue weighted by atomic mass is 32.2. The van der Waals surface area contributed by atoms with Gasteiger partial charge in [-0.25, -0.2) is 17.5 Å². The highest BCUT2D eigenvalue weighted by Crippen LogP contribution is 2.20. The van der Waals surface area contributed by atoms with Crippen LogP contribution in [0, 0.1) is 31.0 Å². The zero-order chi connectivity index (χ0) is 19.3. The van der Waals surface area contributed by atoms with Crippen molar-refractivity contribution < 1.29 is 22.3 Å². The largest absolute Gasteiger partial charge is 0.493 e. The monoisotopic (exact) mass is 376 g/mol. The van der Waals surface area contributed by atoms with Gasteiger partial charge in [0.25, 0.3) is 10.0 Å². The quantitative estimate of drug-likeness (QED) is 0.836. The molecule has 8 heteroatoms. The molecule has 0 bridgehead atoms. The van der Waals surface area contributed by atoms with E-state index in [0.29, 0.717) is 5.75 Å². The molecule has 0 aliphatic rings. The van der Waals surface area contributed by atoms with E-state index in [4.69, 9.17) is 10.00 Å². The third kappa shape index (κ3) is 4.58. The van der Waals surface area contributed by atoms with Crippen LogP contribution < -0.4 is 9.46 Å². The molecular formula is C18H17FN2O4S. The first kappa shape index (κ1) is 19.4. The fourth-order valence-corrected chi connectivity index (χ4v) is 3.39. The first-order chi connectivity index (χ1) is 12.2. The van der Waals surface area contributed by atoms with Gasteiger partial charge in [0.05, 0.1) is 13.0 Å². The topological polar surface area (TPSA) is 96.3 Å². The Hall–Kier alpha value is -2.92. The van der Waals surface area contributed by atoms with Gasteiger partial charge in [-0.2, -0.15) is 5.26 Å². The Morgan fingerprint density at radius 2 is 2.00 bits per heavy atom. The molecule has 0 saturated carbocycles.